The van der Waals surface area contributed by atoms with Gasteiger partial charge in [0.15, 0.2) is 0 Å². The molecule has 7 nitrogen and oxygen atoms in total. The number of ether oxygens (including phenoxy) is 1. The van der Waals surface area contributed by atoms with Crippen molar-refractivity contribution < 1.29 is 9.53 Å². The Bertz CT molecular complexity index is 1230. The number of amides is 1. The fourth-order valence-electron chi connectivity index (χ4n) is 5.88. The lowest BCUT2D eigenvalue weighted by Crippen LogP contribution is -2.62. The summed E-state index contributed by atoms with van der Waals surface area (Å²) in [6.07, 6.45) is 7.33. The largest absolute Gasteiger partial charge is 0.371 e. The third kappa shape index (κ3) is 3.98. The zero-order chi connectivity index (χ0) is 24.9. The molecule has 6 rings (SSSR count). The maximum Gasteiger partial charge on any atom is 0.225 e. The molecule has 1 aromatic carbocycles. The van der Waals surface area contributed by atoms with Gasteiger partial charge in [-0.15, -0.1) is 0 Å². The van der Waals surface area contributed by atoms with Crippen LogP contribution in [0.25, 0.3) is 16.6 Å². The third-order valence-corrected chi connectivity index (χ3v) is 8.66. The number of anilines is 1. The molecule has 0 bridgehead atoms. The molecule has 2 aromatic heterocycles. The number of carbonyl (C=O) groups is 1. The molecule has 190 valence electrons. The van der Waals surface area contributed by atoms with Gasteiger partial charge in [-0.1, -0.05) is 30.7 Å². The summed E-state index contributed by atoms with van der Waals surface area (Å²) in [6.45, 7) is 9.66. The first kappa shape index (κ1) is 23.5. The molecular weight excluding hydrogens is 450 g/mol. The van der Waals surface area contributed by atoms with Gasteiger partial charge in [0.25, 0.3) is 0 Å². The number of benzene rings is 1. The van der Waals surface area contributed by atoms with Crippen molar-refractivity contribution in [2.45, 2.75) is 44.8 Å². The van der Waals surface area contributed by atoms with Crippen LogP contribution in [0.2, 0.25) is 0 Å². The topological polar surface area (TPSA) is 53.3 Å². The monoisotopic (exact) mass is 487 g/mol. The molecular formula is C29H37N5O2. The number of hydrogen-bond acceptors (Lipinski definition) is 5. The first-order valence-electron chi connectivity index (χ1n) is 13.4. The number of fused-ring (bicyclic) bond motifs is 1. The molecule has 0 unspecified atom stereocenters. The predicted octanol–water partition coefficient (Wildman–Crippen LogP) is 4.02. The van der Waals surface area contributed by atoms with E-state index < -0.39 is 0 Å². The molecule has 7 heteroatoms. The van der Waals surface area contributed by atoms with Crippen LogP contribution < -0.4 is 4.90 Å². The van der Waals surface area contributed by atoms with Crippen molar-refractivity contribution in [3.8, 4) is 11.1 Å². The fourth-order valence-corrected chi connectivity index (χ4v) is 5.88. The summed E-state index contributed by atoms with van der Waals surface area (Å²) in [7, 11) is 1.82. The highest BCUT2D eigenvalue weighted by Crippen LogP contribution is 2.38. The van der Waals surface area contributed by atoms with E-state index in [2.05, 4.69) is 76.2 Å². The molecule has 3 aromatic rings. The Kier molecular flexibility index (Phi) is 6.00. The minimum absolute atomic E-state index is 0.203. The normalized spacial score (nSPS) is 20.6. The van der Waals surface area contributed by atoms with Gasteiger partial charge in [-0.3, -0.25) is 9.69 Å². The minimum Gasteiger partial charge on any atom is -0.371 e. The van der Waals surface area contributed by atoms with Gasteiger partial charge in [0, 0.05) is 76.3 Å². The molecule has 0 N–H and O–H groups in total. The first-order chi connectivity index (χ1) is 17.5. The Labute approximate surface area is 213 Å². The Morgan fingerprint density at radius 2 is 1.75 bits per heavy atom. The Morgan fingerprint density at radius 1 is 1.03 bits per heavy atom. The summed E-state index contributed by atoms with van der Waals surface area (Å²) in [5.41, 5.74) is 5.66. The molecule has 2 aliphatic heterocycles. The third-order valence-electron chi connectivity index (χ3n) is 8.66. The average molecular weight is 488 g/mol. The van der Waals surface area contributed by atoms with Gasteiger partial charge in [-0.25, -0.2) is 4.52 Å². The van der Waals surface area contributed by atoms with E-state index in [9.17, 15) is 4.79 Å². The Balaban J connectivity index is 1.19. The number of rotatable bonds is 6. The quantitative estimate of drug-likeness (QED) is 0.526. The highest BCUT2D eigenvalue weighted by Gasteiger charge is 2.45. The van der Waals surface area contributed by atoms with Crippen LogP contribution >= 0.6 is 0 Å². The van der Waals surface area contributed by atoms with Crippen LogP contribution in [0.4, 0.5) is 5.69 Å². The zero-order valence-corrected chi connectivity index (χ0v) is 21.7. The molecule has 0 atom stereocenters. The lowest BCUT2D eigenvalue weighted by Gasteiger charge is -2.51. The summed E-state index contributed by atoms with van der Waals surface area (Å²) in [6, 6.07) is 13.7. The highest BCUT2D eigenvalue weighted by molar-refractivity contribution is 5.82. The lowest BCUT2D eigenvalue weighted by atomic mass is 9.84. The van der Waals surface area contributed by atoms with E-state index in [1.165, 1.54) is 23.2 Å². The van der Waals surface area contributed by atoms with Crippen LogP contribution in [0.1, 0.15) is 38.7 Å². The van der Waals surface area contributed by atoms with Gasteiger partial charge in [0.2, 0.25) is 5.91 Å². The van der Waals surface area contributed by atoms with E-state index >= 15 is 0 Å². The molecule has 36 heavy (non-hydrogen) atoms. The maximum absolute atomic E-state index is 12.7. The summed E-state index contributed by atoms with van der Waals surface area (Å²) >= 11 is 0. The second kappa shape index (κ2) is 9.20. The Hall–Kier alpha value is -2.90. The van der Waals surface area contributed by atoms with Crippen molar-refractivity contribution in [3.05, 3.63) is 54.4 Å². The standard InChI is InChI=1S/C29H37N5O2/c1-21(2)33-19-29(20-33,36-3)25-9-7-22(8-10-25)24-17-27-26(11-12-30-34(27)18-24)31-13-15-32(16-14-31)28(35)23-5-4-6-23/h7-12,17-18,21,23H,4-6,13-16,19-20H2,1-3H3. The minimum atomic E-state index is -0.203. The average Bonchev–Trinajstić information content (AvgIpc) is 3.27. The van der Waals surface area contributed by atoms with Crippen molar-refractivity contribution in [2.24, 2.45) is 5.92 Å². The number of hydrogen-bond donors (Lipinski definition) is 0. The molecule has 3 aliphatic rings. The van der Waals surface area contributed by atoms with E-state index in [1.807, 2.05) is 17.8 Å². The van der Waals surface area contributed by atoms with E-state index in [0.717, 1.165) is 63.2 Å². The molecule has 2 saturated heterocycles. The molecule has 1 aliphatic carbocycles. The number of nitrogens with zero attached hydrogens (tertiary/aromatic N) is 5. The van der Waals surface area contributed by atoms with Crippen molar-refractivity contribution in [2.75, 3.05) is 51.3 Å². The maximum atomic E-state index is 12.7. The predicted molar refractivity (Wildman–Crippen MR) is 142 cm³/mol. The zero-order valence-electron chi connectivity index (χ0n) is 21.7. The summed E-state index contributed by atoms with van der Waals surface area (Å²) in [4.78, 5) is 19.6. The summed E-state index contributed by atoms with van der Waals surface area (Å²) in [5.74, 6) is 0.643. The smallest absolute Gasteiger partial charge is 0.225 e. The first-order valence-corrected chi connectivity index (χ1v) is 13.4. The van der Waals surface area contributed by atoms with Crippen LogP contribution in [0.3, 0.4) is 0 Å². The highest BCUT2D eigenvalue weighted by atomic mass is 16.5. The van der Waals surface area contributed by atoms with Crippen LogP contribution in [-0.4, -0.2) is 77.7 Å². The van der Waals surface area contributed by atoms with Crippen LogP contribution in [0.5, 0.6) is 0 Å². The fraction of sp³-hybridized carbons (Fsp3) is 0.517. The molecule has 4 heterocycles. The van der Waals surface area contributed by atoms with Crippen LogP contribution in [0, 0.1) is 5.92 Å². The number of carbonyl (C=O) groups excluding carboxylic acids is 1. The lowest BCUT2D eigenvalue weighted by molar-refractivity contribution is -0.141. The summed E-state index contributed by atoms with van der Waals surface area (Å²) in [5, 5.41) is 4.59. The van der Waals surface area contributed by atoms with Crippen molar-refractivity contribution in [3.63, 3.8) is 0 Å². The van der Waals surface area contributed by atoms with E-state index in [0.29, 0.717) is 11.9 Å². The number of likely N-dealkylation sites (tertiary alicyclic amines) is 1. The van der Waals surface area contributed by atoms with Crippen LogP contribution in [0.15, 0.2) is 48.8 Å². The Morgan fingerprint density at radius 3 is 2.36 bits per heavy atom. The summed E-state index contributed by atoms with van der Waals surface area (Å²) < 4.78 is 7.96. The second-order valence-electron chi connectivity index (χ2n) is 11.0. The molecule has 3 fully saturated rings. The molecule has 1 amide bonds. The van der Waals surface area contributed by atoms with Gasteiger partial charge >= 0.3 is 0 Å². The number of piperazine rings is 1. The second-order valence-corrected chi connectivity index (χ2v) is 11.0. The number of methoxy groups -OCH3 is 1. The van der Waals surface area contributed by atoms with E-state index in [-0.39, 0.29) is 11.5 Å². The van der Waals surface area contributed by atoms with Gasteiger partial charge in [0.05, 0.1) is 11.2 Å². The van der Waals surface area contributed by atoms with Gasteiger partial charge in [-0.2, -0.15) is 5.10 Å². The molecule has 0 spiro atoms. The van der Waals surface area contributed by atoms with Crippen molar-refractivity contribution in [1.29, 1.82) is 0 Å². The van der Waals surface area contributed by atoms with Crippen LogP contribution in [-0.2, 0) is 15.1 Å². The van der Waals surface area contributed by atoms with Crippen molar-refractivity contribution in [1.82, 2.24) is 19.4 Å². The van der Waals surface area contributed by atoms with E-state index in [1.54, 1.807) is 0 Å². The van der Waals surface area contributed by atoms with Gasteiger partial charge in [0.1, 0.15) is 5.60 Å². The van der Waals surface area contributed by atoms with Gasteiger partial charge < -0.3 is 14.5 Å². The van der Waals surface area contributed by atoms with E-state index in [4.69, 9.17) is 4.74 Å². The number of aromatic nitrogens is 2. The van der Waals surface area contributed by atoms with Gasteiger partial charge in [-0.05, 0) is 49.9 Å². The molecule has 1 saturated carbocycles. The SMILES string of the molecule is COC1(c2ccc(-c3cc4c(N5CCN(C(=O)C6CCC6)CC5)ccnn4c3)cc2)CN(C(C)C)C1. The van der Waals surface area contributed by atoms with Crippen molar-refractivity contribution >= 4 is 17.1 Å². The molecule has 0 radical (unpaired) electrons.